The molecule has 0 saturated carbocycles. The number of nitrogens with two attached hydrogens (primary N) is 2. The van der Waals surface area contributed by atoms with Gasteiger partial charge in [-0.2, -0.15) is 0 Å². The molecule has 9 atom stereocenters. The lowest BCUT2D eigenvalue weighted by Gasteiger charge is -2.27. The first kappa shape index (κ1) is 60.2. The smallest absolute Gasteiger partial charge is 0.326 e. The lowest BCUT2D eigenvalue weighted by molar-refractivity contribution is -0.144. The Kier molecular flexibility index (Phi) is 22.9. The number of allylic oxidation sites excluding steroid dienone is 2. The Balaban J connectivity index is 1.78. The van der Waals surface area contributed by atoms with E-state index in [9.17, 15) is 53.4 Å². The van der Waals surface area contributed by atoms with Gasteiger partial charge < -0.3 is 68.2 Å². The number of hydrogen-bond acceptors (Lipinski definition) is 11. The second-order valence-corrected chi connectivity index (χ2v) is 18.7. The van der Waals surface area contributed by atoms with E-state index in [1.165, 1.54) is 20.9 Å². The maximum atomic E-state index is 14.7. The number of rotatable bonds is 15. The first-order valence-corrected chi connectivity index (χ1v) is 24.8. The fourth-order valence-electron chi connectivity index (χ4n) is 8.29. The van der Waals surface area contributed by atoms with Crippen molar-refractivity contribution in [2.24, 2.45) is 28.3 Å². The average molecular weight is 1050 g/mol. The van der Waals surface area contributed by atoms with Crippen LogP contribution in [-0.2, 0) is 60.7 Å². The Hall–Kier alpha value is -8.34. The van der Waals surface area contributed by atoms with Gasteiger partial charge in [0.05, 0.1) is 24.5 Å². The Morgan fingerprint density at radius 2 is 1.50 bits per heavy atom. The number of carbonyl (C=O) groups is 9. The van der Waals surface area contributed by atoms with Gasteiger partial charge >= 0.3 is 11.9 Å². The molecule has 410 valence electrons. The number of amides is 7. The Morgan fingerprint density at radius 1 is 0.855 bits per heavy atom. The van der Waals surface area contributed by atoms with Crippen LogP contribution >= 0.6 is 0 Å². The van der Waals surface area contributed by atoms with Crippen molar-refractivity contribution in [3.05, 3.63) is 108 Å². The number of aliphatic imine (C=N–C) groups is 1. The van der Waals surface area contributed by atoms with Gasteiger partial charge in [-0.05, 0) is 56.7 Å². The molecule has 1 fully saturated rings. The molecule has 0 unspecified atom stereocenters. The van der Waals surface area contributed by atoms with E-state index in [2.05, 4.69) is 48.5 Å². The zero-order valence-electron chi connectivity index (χ0n) is 43.6. The maximum absolute atomic E-state index is 14.7. The molecule has 2 aromatic carbocycles. The predicted octanol–water partition coefficient (Wildman–Crippen LogP) is 1.05. The third-order valence-electron chi connectivity index (χ3n) is 12.9. The van der Waals surface area contributed by atoms with E-state index in [4.69, 9.17) is 16.2 Å². The molecule has 23 nitrogen and oxygen atoms in total. The largest absolute Gasteiger partial charge is 0.480 e. The van der Waals surface area contributed by atoms with Crippen molar-refractivity contribution < 1.29 is 58.1 Å². The van der Waals surface area contributed by atoms with Gasteiger partial charge in [-0.25, -0.2) is 9.59 Å². The van der Waals surface area contributed by atoms with Gasteiger partial charge in [0.1, 0.15) is 35.9 Å². The molecule has 1 aliphatic rings. The summed E-state index contributed by atoms with van der Waals surface area (Å²) < 4.78 is 5.84. The van der Waals surface area contributed by atoms with Crippen LogP contribution in [-0.4, -0.2) is 142 Å². The zero-order valence-corrected chi connectivity index (χ0v) is 43.6. The summed E-state index contributed by atoms with van der Waals surface area (Å²) in [5.41, 5.74) is 13.5. The lowest BCUT2D eigenvalue weighted by Crippen LogP contribution is -2.57. The number of nitrogens with one attached hydrogen (secondary N) is 7. The third-order valence-corrected chi connectivity index (χ3v) is 12.9. The number of aromatic amines is 1. The first-order chi connectivity index (χ1) is 36.0. The molecule has 1 aliphatic heterocycles. The van der Waals surface area contributed by atoms with Crippen molar-refractivity contribution >= 4 is 70.2 Å². The summed E-state index contributed by atoms with van der Waals surface area (Å²) in [7, 11) is 2.82. The average Bonchev–Trinajstić information content (AvgIpc) is 3.79. The molecule has 0 radical (unpaired) electrons. The predicted molar refractivity (Wildman–Crippen MR) is 282 cm³/mol. The number of methoxy groups -OCH3 is 1. The highest BCUT2D eigenvalue weighted by Gasteiger charge is 2.34. The molecule has 0 spiro atoms. The molecule has 23 heteroatoms. The van der Waals surface area contributed by atoms with Crippen molar-refractivity contribution in [2.75, 3.05) is 20.7 Å². The molecule has 2 heterocycles. The van der Waals surface area contributed by atoms with Crippen molar-refractivity contribution in [3.8, 4) is 0 Å². The summed E-state index contributed by atoms with van der Waals surface area (Å²) in [4.78, 5) is 130. The number of guanidine groups is 1. The maximum Gasteiger partial charge on any atom is 0.326 e. The molecule has 4 rings (SSSR count). The molecule has 1 saturated heterocycles. The number of nitrogens with zero attached hydrogens (tertiary/aromatic N) is 2. The van der Waals surface area contributed by atoms with E-state index >= 15 is 0 Å². The van der Waals surface area contributed by atoms with Gasteiger partial charge in [-0.1, -0.05) is 92.8 Å². The van der Waals surface area contributed by atoms with Crippen LogP contribution < -0.4 is 43.4 Å². The second kappa shape index (κ2) is 28.9. The standard InChI is InChI=1S/C53H71N11O12/c1-29(24-30(2)43(76-7)25-34-14-9-8-10-15-34)19-20-37-31(3)46(67)62-40(51(72)73)21-22-45(66)64(6)33(5)48(69)58-32(4)47(68)61-39(18-13-23-56-53(54)55)49(70)63-42(52(74)75)27-44(65)59-41(50(71)60-37)26-35-28-57-38-17-12-11-16-36(35)38/h8-12,14-17,19-20,24,28,30-32,37,39-43,57H,5,13,18,21-23,25-27H2,1-4,6-7H3,(H,58,69)(H,59,65)(H,60,71)(H,61,68)(H,62,67)(H,63,70)(H,72,73)(H,74,75)(H4,54,55,56)/b20-19+,29-24+/t30-,31-,32+,37-,39-,40+,41-,42+,43-/m0/s1. The van der Waals surface area contributed by atoms with Crippen LogP contribution in [0, 0.1) is 11.8 Å². The van der Waals surface area contributed by atoms with Crippen molar-refractivity contribution in [1.82, 2.24) is 41.8 Å². The summed E-state index contributed by atoms with van der Waals surface area (Å²) in [5, 5.41) is 36.3. The van der Waals surface area contributed by atoms with Crippen LogP contribution in [0.15, 0.2) is 102 Å². The second-order valence-electron chi connectivity index (χ2n) is 18.7. The number of H-pyrrole nitrogens is 1. The number of aliphatic carboxylic acids is 2. The normalized spacial score (nSPS) is 23.4. The van der Waals surface area contributed by atoms with E-state index in [1.54, 1.807) is 49.7 Å². The summed E-state index contributed by atoms with van der Waals surface area (Å²) in [6.45, 7) is 10.2. The third kappa shape index (κ3) is 18.2. The number of carboxylic acid groups (broad SMARTS) is 2. The van der Waals surface area contributed by atoms with Crippen LogP contribution in [0.4, 0.5) is 0 Å². The molecule has 7 amide bonds. The summed E-state index contributed by atoms with van der Waals surface area (Å²) in [6, 6.07) is 7.93. The molecule has 3 aromatic rings. The quantitative estimate of drug-likeness (QED) is 0.0333. The molecular weight excluding hydrogens is 983 g/mol. The van der Waals surface area contributed by atoms with Crippen LogP contribution in [0.25, 0.3) is 10.9 Å². The highest BCUT2D eigenvalue weighted by Crippen LogP contribution is 2.21. The number of para-hydroxylation sites is 1. The Morgan fingerprint density at radius 3 is 2.16 bits per heavy atom. The number of fused-ring (bicyclic) bond motifs is 1. The highest BCUT2D eigenvalue weighted by atomic mass is 16.5. The number of carbonyl (C=O) groups excluding carboxylic acids is 7. The van der Waals surface area contributed by atoms with Gasteiger partial charge in [0.25, 0.3) is 5.91 Å². The number of benzene rings is 2. The summed E-state index contributed by atoms with van der Waals surface area (Å²) in [5.74, 6) is -11.1. The minimum atomic E-state index is -1.91. The van der Waals surface area contributed by atoms with Crippen molar-refractivity contribution in [3.63, 3.8) is 0 Å². The molecule has 0 aliphatic carbocycles. The van der Waals surface area contributed by atoms with E-state index in [1.807, 2.05) is 50.3 Å². The number of ether oxygens (including phenoxy) is 1. The Bertz CT molecular complexity index is 2680. The molecule has 76 heavy (non-hydrogen) atoms. The molecule has 13 N–H and O–H groups in total. The minimum absolute atomic E-state index is 0.00544. The monoisotopic (exact) mass is 1050 g/mol. The number of likely N-dealkylation sites (N-methyl/N-ethyl adjacent to an activating group) is 1. The number of aromatic nitrogens is 1. The van der Waals surface area contributed by atoms with Gasteiger partial charge in [0.2, 0.25) is 35.4 Å². The summed E-state index contributed by atoms with van der Waals surface area (Å²) in [6.07, 6.45) is 5.16. The summed E-state index contributed by atoms with van der Waals surface area (Å²) >= 11 is 0. The van der Waals surface area contributed by atoms with E-state index < -0.39 is 120 Å². The van der Waals surface area contributed by atoms with Gasteiger partial charge in [0, 0.05) is 56.6 Å². The fraction of sp³-hybridized carbons (Fsp3) is 0.434. The van der Waals surface area contributed by atoms with Crippen molar-refractivity contribution in [1.29, 1.82) is 0 Å². The number of hydrogen-bond donors (Lipinski definition) is 11. The fourth-order valence-corrected chi connectivity index (χ4v) is 8.29. The van der Waals surface area contributed by atoms with Crippen LogP contribution in [0.5, 0.6) is 0 Å². The molecule has 0 bridgehead atoms. The van der Waals surface area contributed by atoms with Gasteiger partial charge in [-0.15, -0.1) is 0 Å². The molecular formula is C53H71N11O12. The topological polar surface area (TPSA) is 359 Å². The van der Waals surface area contributed by atoms with Crippen LogP contribution in [0.1, 0.15) is 70.9 Å². The first-order valence-electron chi connectivity index (χ1n) is 24.8. The number of carboxylic acids is 2. The SMILES string of the molecule is C=C1C(=O)N[C@H](C)C(=O)N[C@@H](CCCN=C(N)N)C(=O)N[C@@H](C(=O)O)CC(=O)N[C@@H](Cc2c[nH]c3ccccc23)C(=O)N[C@@H](/C=C/C(C)=C/[C@H](C)[C@H](Cc2ccccc2)OC)[C@H](C)C(=O)N[C@@H](C(=O)O)CCC(=O)N1C. The molecule has 1 aromatic heterocycles. The van der Waals surface area contributed by atoms with E-state index in [0.717, 1.165) is 10.5 Å². The van der Waals surface area contributed by atoms with Gasteiger partial charge in [0.15, 0.2) is 5.96 Å². The highest BCUT2D eigenvalue weighted by molar-refractivity contribution is 6.00. The lowest BCUT2D eigenvalue weighted by atomic mass is 9.94. The van der Waals surface area contributed by atoms with Crippen LogP contribution in [0.2, 0.25) is 0 Å². The van der Waals surface area contributed by atoms with Crippen LogP contribution in [0.3, 0.4) is 0 Å². The zero-order chi connectivity index (χ0) is 56.2. The van der Waals surface area contributed by atoms with Crippen molar-refractivity contribution in [2.45, 2.75) is 115 Å². The van der Waals surface area contributed by atoms with E-state index in [-0.39, 0.29) is 43.8 Å². The Labute approximate surface area is 440 Å². The van der Waals surface area contributed by atoms with E-state index in [0.29, 0.717) is 28.5 Å². The van der Waals surface area contributed by atoms with Gasteiger partial charge in [-0.3, -0.25) is 38.6 Å². The minimum Gasteiger partial charge on any atom is -0.480 e.